The highest BCUT2D eigenvalue weighted by molar-refractivity contribution is 5.99. The van der Waals surface area contributed by atoms with Crippen LogP contribution in [0.15, 0.2) is 12.7 Å². The van der Waals surface area contributed by atoms with Crippen molar-refractivity contribution in [3.8, 4) is 0 Å². The van der Waals surface area contributed by atoms with Crippen LogP contribution in [0.3, 0.4) is 0 Å². The second-order valence-corrected chi connectivity index (χ2v) is 19.9. The van der Waals surface area contributed by atoms with Gasteiger partial charge in [0.05, 0.1) is 6.04 Å². The van der Waals surface area contributed by atoms with E-state index in [1.165, 1.54) is 0 Å². The van der Waals surface area contributed by atoms with Gasteiger partial charge in [0.25, 0.3) is 0 Å². The lowest BCUT2D eigenvalue weighted by Gasteiger charge is -2.38. The van der Waals surface area contributed by atoms with Crippen molar-refractivity contribution in [1.29, 1.82) is 0 Å². The standard InChI is InChI=1S/C43H71N7O6.4H2/c1-10-28-24-43(28,37(55)46-38(56)48(8)11-2)47-34(52)30-25-42(40(6,7)41(42)21-17-22-41)26-50(30)36(54)32(39(3,4)5)45-35(53)31(27-18-13-12-14-19-27)44-33(51)29-20-15-16-23-49(29)9;;;;/h10,27-32,38,56H,1,11-26H2,2-9H3,(H,44,51)(H,45,53)(H,46,55)(H,47,52);4*1H/t28-,29+,30+,31+,32-,38?,42-,43-;;;;/m1..../s1. The summed E-state index contributed by atoms with van der Waals surface area (Å²) in [5.41, 5.74) is -2.36. The molecule has 13 heteroatoms. The first-order valence-corrected chi connectivity index (χ1v) is 21.6. The molecule has 0 bridgehead atoms. The average molecular weight is 790 g/mol. The molecule has 0 aromatic rings. The molecule has 4 saturated carbocycles. The summed E-state index contributed by atoms with van der Waals surface area (Å²) in [7, 11) is 3.65. The van der Waals surface area contributed by atoms with Crippen LogP contribution >= 0.6 is 0 Å². The number of hydrogen-bond acceptors (Lipinski definition) is 8. The quantitative estimate of drug-likeness (QED) is 0.137. The highest BCUT2D eigenvalue weighted by Gasteiger charge is 2.85. The summed E-state index contributed by atoms with van der Waals surface area (Å²) in [5, 5.41) is 22.7. The Balaban J connectivity index is 0.00000310. The SMILES string of the molecule is C=C[C@@H]1C[C@]1(NC(=O)[C@@H]1C[C@@]2(CN1C(=O)[C@@H](NC(=O)[C@@H](NC(=O)[C@@H]1CCCCN1C)C1CCCCC1)C(C)(C)C)C(C)(C)C21CCC1)C(=O)NC(O)N(C)CC.[HH].[HH].[HH].[HH]. The molecule has 13 nitrogen and oxygen atoms in total. The van der Waals surface area contributed by atoms with Crippen LogP contribution in [0.25, 0.3) is 0 Å². The van der Waals surface area contributed by atoms with Gasteiger partial charge in [-0.3, -0.25) is 33.8 Å². The molecule has 8 atom stereocenters. The Hall–Kier alpha value is -3.03. The number of hydrogen-bond donors (Lipinski definition) is 5. The number of rotatable bonds is 13. The van der Waals surface area contributed by atoms with Crippen molar-refractivity contribution in [3.63, 3.8) is 0 Å². The molecule has 0 aromatic carbocycles. The molecule has 5 N–H and O–H groups in total. The second kappa shape index (κ2) is 15.6. The van der Waals surface area contributed by atoms with E-state index < -0.39 is 47.2 Å². The summed E-state index contributed by atoms with van der Waals surface area (Å²) < 4.78 is 0. The Morgan fingerprint density at radius 3 is 2.11 bits per heavy atom. The molecule has 56 heavy (non-hydrogen) atoms. The van der Waals surface area contributed by atoms with E-state index in [0.29, 0.717) is 25.9 Å². The van der Waals surface area contributed by atoms with Gasteiger partial charge in [-0.2, -0.15) is 0 Å². The molecule has 6 fully saturated rings. The van der Waals surface area contributed by atoms with Gasteiger partial charge in [-0.15, -0.1) is 6.58 Å². The number of amides is 5. The van der Waals surface area contributed by atoms with Crippen molar-refractivity contribution in [1.82, 2.24) is 36.0 Å². The molecule has 6 rings (SSSR count). The van der Waals surface area contributed by atoms with E-state index in [2.05, 4.69) is 46.6 Å². The smallest absolute Gasteiger partial charge is 0.249 e. The Morgan fingerprint density at radius 1 is 0.911 bits per heavy atom. The molecule has 4 aliphatic carbocycles. The molecule has 0 radical (unpaired) electrons. The number of piperidine rings is 1. The van der Waals surface area contributed by atoms with Gasteiger partial charge >= 0.3 is 0 Å². The number of nitrogens with one attached hydrogen (secondary N) is 4. The molecule has 1 unspecified atom stereocenters. The lowest BCUT2D eigenvalue weighted by Crippen LogP contribution is -2.63. The topological polar surface area (TPSA) is 163 Å². The minimum Gasteiger partial charge on any atom is -0.361 e. The zero-order chi connectivity index (χ0) is 41.0. The molecule has 2 saturated heterocycles. The third kappa shape index (κ3) is 7.20. The zero-order valence-corrected chi connectivity index (χ0v) is 35.5. The van der Waals surface area contributed by atoms with Crippen LogP contribution in [0.1, 0.15) is 131 Å². The molecular weight excluding hydrogens is 711 g/mol. The van der Waals surface area contributed by atoms with Crippen molar-refractivity contribution < 1.29 is 34.8 Å². The number of likely N-dealkylation sites (tertiary alicyclic amines) is 2. The molecule has 5 amide bonds. The molecule has 2 aliphatic heterocycles. The monoisotopic (exact) mass is 790 g/mol. The maximum atomic E-state index is 15.2. The van der Waals surface area contributed by atoms with Gasteiger partial charge in [0.15, 0.2) is 6.35 Å². The van der Waals surface area contributed by atoms with E-state index >= 15 is 4.79 Å². The third-order valence-electron chi connectivity index (χ3n) is 15.8. The van der Waals surface area contributed by atoms with Gasteiger partial charge in [-0.1, -0.05) is 79.7 Å². The summed E-state index contributed by atoms with van der Waals surface area (Å²) in [6.07, 6.45) is 11.9. The number of aliphatic hydroxyl groups is 1. The van der Waals surface area contributed by atoms with Crippen LogP contribution in [0, 0.1) is 33.5 Å². The first-order chi connectivity index (χ1) is 26.3. The van der Waals surface area contributed by atoms with Crippen LogP contribution in [0.4, 0.5) is 0 Å². The van der Waals surface area contributed by atoms with E-state index in [-0.39, 0.29) is 57.6 Å². The Labute approximate surface area is 340 Å². The highest BCUT2D eigenvalue weighted by atomic mass is 16.3. The Kier molecular flexibility index (Phi) is 11.9. The summed E-state index contributed by atoms with van der Waals surface area (Å²) in [6, 6.07) is -2.90. The normalized spacial score (nSPS) is 32.5. The van der Waals surface area contributed by atoms with E-state index in [1.54, 1.807) is 22.9 Å². The lowest BCUT2D eigenvalue weighted by molar-refractivity contribution is -0.145. The summed E-state index contributed by atoms with van der Waals surface area (Å²) in [4.78, 5) is 77.3. The van der Waals surface area contributed by atoms with Crippen LogP contribution in [-0.4, -0.2) is 119 Å². The minimum atomic E-state index is -1.29. The van der Waals surface area contributed by atoms with Gasteiger partial charge in [-0.25, -0.2) is 0 Å². The van der Waals surface area contributed by atoms with Crippen molar-refractivity contribution in [3.05, 3.63) is 12.7 Å². The Bertz CT molecular complexity index is 1570. The average Bonchev–Trinajstić information content (AvgIpc) is 3.87. The maximum absolute atomic E-state index is 15.2. The van der Waals surface area contributed by atoms with E-state index in [4.69, 9.17) is 0 Å². The van der Waals surface area contributed by atoms with Gasteiger partial charge in [0, 0.05) is 23.6 Å². The largest absolute Gasteiger partial charge is 0.361 e. The molecule has 0 aromatic heterocycles. The Morgan fingerprint density at radius 2 is 1.57 bits per heavy atom. The number of nitrogens with zero attached hydrogens (tertiary/aromatic N) is 3. The van der Waals surface area contributed by atoms with Gasteiger partial charge in [0.1, 0.15) is 23.7 Å². The van der Waals surface area contributed by atoms with Crippen molar-refractivity contribution in [2.75, 3.05) is 33.7 Å². The molecule has 2 spiro atoms. The fourth-order valence-electron chi connectivity index (χ4n) is 11.5. The molecule has 6 aliphatic rings. The highest BCUT2D eigenvalue weighted by Crippen LogP contribution is 2.88. The number of likely N-dealkylation sites (N-methyl/N-ethyl adjacent to an activating group) is 1. The number of fused-ring (bicyclic) bond motifs is 1. The minimum absolute atomic E-state index is 0. The number of carbonyl (C=O) groups excluding carboxylic acids is 5. The summed E-state index contributed by atoms with van der Waals surface area (Å²) in [6.45, 7) is 17.8. The molecule has 322 valence electrons. The van der Waals surface area contributed by atoms with E-state index in [0.717, 1.165) is 77.2 Å². The first-order valence-electron chi connectivity index (χ1n) is 21.6. The predicted octanol–water partition coefficient (Wildman–Crippen LogP) is 4.25. The van der Waals surface area contributed by atoms with Gasteiger partial charge < -0.3 is 31.3 Å². The first kappa shape index (κ1) is 42.6. The van der Waals surface area contributed by atoms with Gasteiger partial charge in [0.2, 0.25) is 29.5 Å². The number of aliphatic hydroxyl groups excluding tert-OH is 1. The fraction of sp³-hybridized carbons (Fsp3) is 0.837. The van der Waals surface area contributed by atoms with Crippen LogP contribution in [-0.2, 0) is 24.0 Å². The number of carbonyl (C=O) groups is 5. The maximum Gasteiger partial charge on any atom is 0.249 e. The lowest BCUT2D eigenvalue weighted by atomic mass is 9.73. The van der Waals surface area contributed by atoms with E-state index in [9.17, 15) is 24.3 Å². The molecular formula is C43H79N7O6. The van der Waals surface area contributed by atoms with Crippen LogP contribution < -0.4 is 21.3 Å². The summed E-state index contributed by atoms with van der Waals surface area (Å²) >= 11 is 0. The second-order valence-electron chi connectivity index (χ2n) is 19.9. The zero-order valence-electron chi connectivity index (χ0n) is 35.5. The van der Waals surface area contributed by atoms with Crippen molar-refractivity contribution in [2.24, 2.45) is 33.5 Å². The van der Waals surface area contributed by atoms with Crippen molar-refractivity contribution >= 4 is 29.5 Å². The van der Waals surface area contributed by atoms with E-state index in [1.807, 2.05) is 34.7 Å². The van der Waals surface area contributed by atoms with Gasteiger partial charge in [-0.05, 0) is 101 Å². The van der Waals surface area contributed by atoms with Crippen LogP contribution in [0.5, 0.6) is 0 Å². The summed E-state index contributed by atoms with van der Waals surface area (Å²) in [5.74, 6) is -2.09. The predicted molar refractivity (Wildman–Crippen MR) is 223 cm³/mol. The fourth-order valence-corrected chi connectivity index (χ4v) is 11.5. The third-order valence-corrected chi connectivity index (χ3v) is 15.8. The van der Waals surface area contributed by atoms with Crippen LogP contribution in [0.2, 0.25) is 0 Å². The molecule has 2 heterocycles. The van der Waals surface area contributed by atoms with Crippen molar-refractivity contribution in [2.45, 2.75) is 161 Å².